The number of nitrogens with zero attached hydrogens (tertiary/aromatic N) is 2. The maximum absolute atomic E-state index is 13.6. The Morgan fingerprint density at radius 3 is 3.24 bits per heavy atom. The molecule has 114 valence electrons. The monoisotopic (exact) mass is 313 g/mol. The second-order valence-corrected chi connectivity index (χ2v) is 5.17. The molecule has 1 aliphatic rings. The van der Waals surface area contributed by atoms with Gasteiger partial charge in [-0.05, 0) is 44.2 Å². The fraction of sp³-hybridized carbons (Fsp3) is 0.500. The van der Waals surface area contributed by atoms with Crippen molar-refractivity contribution in [1.82, 2.24) is 9.97 Å². The van der Waals surface area contributed by atoms with E-state index in [0.29, 0.717) is 13.0 Å². The summed E-state index contributed by atoms with van der Waals surface area (Å²) in [4.78, 5) is 18.9. The Morgan fingerprint density at radius 2 is 2.48 bits per heavy atom. The van der Waals surface area contributed by atoms with E-state index in [1.165, 1.54) is 6.08 Å². The van der Waals surface area contributed by atoms with Crippen LogP contribution in [0.2, 0.25) is 5.28 Å². The second-order valence-electron chi connectivity index (χ2n) is 4.83. The highest BCUT2D eigenvalue weighted by molar-refractivity contribution is 6.28. The second kappa shape index (κ2) is 7.36. The number of carbonyl (C=O) groups excluding carboxylic acids is 1. The summed E-state index contributed by atoms with van der Waals surface area (Å²) >= 11 is 5.67. The number of rotatable bonds is 4. The Labute approximate surface area is 127 Å². The first-order valence-corrected chi connectivity index (χ1v) is 7.27. The molecule has 0 bridgehead atoms. The average molecular weight is 314 g/mol. The lowest BCUT2D eigenvalue weighted by atomic mass is 9.90. The Bertz CT molecular complexity index is 551. The van der Waals surface area contributed by atoms with Crippen LogP contribution < -0.4 is 5.32 Å². The van der Waals surface area contributed by atoms with Crippen molar-refractivity contribution < 1.29 is 13.9 Å². The smallest absolute Gasteiger partial charge is 0.330 e. The summed E-state index contributed by atoms with van der Waals surface area (Å²) in [6, 6.07) is 0.0138. The van der Waals surface area contributed by atoms with E-state index in [2.05, 4.69) is 15.3 Å². The molecule has 2 rings (SSSR count). The summed E-state index contributed by atoms with van der Waals surface area (Å²) in [5, 5.41) is 3.02. The third-order valence-corrected chi connectivity index (χ3v) is 3.41. The molecule has 0 amide bonds. The highest BCUT2D eigenvalue weighted by Crippen LogP contribution is 2.26. The maximum Gasteiger partial charge on any atom is 0.330 e. The summed E-state index contributed by atoms with van der Waals surface area (Å²) < 4.78 is 18.5. The molecule has 1 aromatic heterocycles. The SMILES string of the molecule is CCOC(=O)/C=C1/CCCC(Nc2nc(Cl)ncc2F)C1. The van der Waals surface area contributed by atoms with Crippen LogP contribution in [-0.2, 0) is 9.53 Å². The van der Waals surface area contributed by atoms with Crippen LogP contribution in [0.25, 0.3) is 0 Å². The zero-order valence-corrected chi connectivity index (χ0v) is 12.5. The topological polar surface area (TPSA) is 64.1 Å². The normalized spacial score (nSPS) is 20.3. The molecule has 5 nitrogen and oxygen atoms in total. The van der Waals surface area contributed by atoms with Gasteiger partial charge in [0.25, 0.3) is 0 Å². The molecule has 1 aliphatic carbocycles. The number of anilines is 1. The molecule has 0 aromatic carbocycles. The molecule has 1 heterocycles. The van der Waals surface area contributed by atoms with Crippen LogP contribution in [0.4, 0.5) is 10.2 Å². The van der Waals surface area contributed by atoms with Crippen LogP contribution in [0.1, 0.15) is 32.6 Å². The van der Waals surface area contributed by atoms with E-state index in [4.69, 9.17) is 16.3 Å². The van der Waals surface area contributed by atoms with Gasteiger partial charge >= 0.3 is 5.97 Å². The Kier molecular flexibility index (Phi) is 5.50. The Balaban J connectivity index is 2.01. The molecule has 7 heteroatoms. The van der Waals surface area contributed by atoms with Gasteiger partial charge in [0.05, 0.1) is 12.8 Å². The van der Waals surface area contributed by atoms with Gasteiger partial charge in [-0.25, -0.2) is 14.2 Å². The largest absolute Gasteiger partial charge is 0.463 e. The Morgan fingerprint density at radius 1 is 1.67 bits per heavy atom. The zero-order valence-electron chi connectivity index (χ0n) is 11.7. The lowest BCUT2D eigenvalue weighted by molar-refractivity contribution is -0.137. The zero-order chi connectivity index (χ0) is 15.2. The number of esters is 1. The first-order valence-electron chi connectivity index (χ1n) is 6.89. The van der Waals surface area contributed by atoms with Crippen LogP contribution >= 0.6 is 11.6 Å². The molecule has 1 unspecified atom stereocenters. The fourth-order valence-electron chi connectivity index (χ4n) is 2.34. The van der Waals surface area contributed by atoms with E-state index < -0.39 is 5.82 Å². The molecular weight excluding hydrogens is 297 g/mol. The van der Waals surface area contributed by atoms with Crippen LogP contribution in [-0.4, -0.2) is 28.6 Å². The Hall–Kier alpha value is -1.69. The van der Waals surface area contributed by atoms with E-state index in [0.717, 1.165) is 31.0 Å². The molecule has 0 radical (unpaired) electrons. The number of nitrogens with one attached hydrogen (secondary N) is 1. The van der Waals surface area contributed by atoms with Crippen molar-refractivity contribution in [1.29, 1.82) is 0 Å². The molecule has 0 saturated heterocycles. The van der Waals surface area contributed by atoms with Crippen molar-refractivity contribution >= 4 is 23.4 Å². The molecular formula is C14H17ClFN3O2. The number of carbonyl (C=O) groups is 1. The predicted octanol–water partition coefficient (Wildman–Crippen LogP) is 3.11. The van der Waals surface area contributed by atoms with Crippen LogP contribution in [0.5, 0.6) is 0 Å². The van der Waals surface area contributed by atoms with E-state index >= 15 is 0 Å². The fourth-order valence-corrected chi connectivity index (χ4v) is 2.47. The molecule has 21 heavy (non-hydrogen) atoms. The van der Waals surface area contributed by atoms with Gasteiger partial charge in [-0.1, -0.05) is 5.57 Å². The summed E-state index contributed by atoms with van der Waals surface area (Å²) in [5.41, 5.74) is 0.998. The minimum atomic E-state index is -0.541. The first-order chi connectivity index (χ1) is 10.1. The van der Waals surface area contributed by atoms with Crippen molar-refractivity contribution in [3.63, 3.8) is 0 Å². The summed E-state index contributed by atoms with van der Waals surface area (Å²) in [6.45, 7) is 2.12. The number of ether oxygens (including phenoxy) is 1. The maximum atomic E-state index is 13.6. The standard InChI is InChI=1S/C14H17ClFN3O2/c1-2-21-12(20)7-9-4-3-5-10(6-9)18-13-11(16)8-17-14(15)19-13/h7-8,10H,2-6H2,1H3,(H,17,18,19)/b9-7-. The first kappa shape index (κ1) is 15.7. The number of halogens is 2. The van der Waals surface area contributed by atoms with Crippen LogP contribution in [0.3, 0.4) is 0 Å². The average Bonchev–Trinajstić information content (AvgIpc) is 2.43. The van der Waals surface area contributed by atoms with Crippen molar-refractivity contribution in [2.75, 3.05) is 11.9 Å². The van der Waals surface area contributed by atoms with E-state index in [1.807, 2.05) is 0 Å². The molecule has 1 saturated carbocycles. The van der Waals surface area contributed by atoms with Crippen molar-refractivity contribution in [3.8, 4) is 0 Å². The van der Waals surface area contributed by atoms with Crippen LogP contribution in [0, 0.1) is 5.82 Å². The summed E-state index contributed by atoms with van der Waals surface area (Å²) in [7, 11) is 0. The summed E-state index contributed by atoms with van der Waals surface area (Å²) in [5.74, 6) is -0.775. The van der Waals surface area contributed by atoms with Gasteiger partial charge in [0.2, 0.25) is 5.28 Å². The molecule has 1 atom stereocenters. The molecule has 1 N–H and O–H groups in total. The summed E-state index contributed by atoms with van der Waals surface area (Å²) in [6.07, 6.45) is 5.87. The molecule has 1 aromatic rings. The molecule has 0 aliphatic heterocycles. The van der Waals surface area contributed by atoms with Gasteiger partial charge in [-0.2, -0.15) is 4.98 Å². The van der Waals surface area contributed by atoms with Crippen molar-refractivity contribution in [3.05, 3.63) is 28.9 Å². The molecule has 0 spiro atoms. The highest BCUT2D eigenvalue weighted by atomic mass is 35.5. The third kappa shape index (κ3) is 4.67. The lowest BCUT2D eigenvalue weighted by Gasteiger charge is -2.25. The van der Waals surface area contributed by atoms with Crippen molar-refractivity contribution in [2.45, 2.75) is 38.6 Å². The van der Waals surface area contributed by atoms with Gasteiger partial charge in [0, 0.05) is 12.1 Å². The van der Waals surface area contributed by atoms with Gasteiger partial charge in [-0.15, -0.1) is 0 Å². The number of hydrogen-bond donors (Lipinski definition) is 1. The van der Waals surface area contributed by atoms with E-state index in [1.54, 1.807) is 6.92 Å². The van der Waals surface area contributed by atoms with Crippen LogP contribution in [0.15, 0.2) is 17.8 Å². The van der Waals surface area contributed by atoms with E-state index in [-0.39, 0.29) is 23.1 Å². The van der Waals surface area contributed by atoms with Gasteiger partial charge in [0.1, 0.15) is 0 Å². The minimum absolute atomic E-state index is 0.00278. The van der Waals surface area contributed by atoms with E-state index in [9.17, 15) is 9.18 Å². The van der Waals surface area contributed by atoms with Gasteiger partial charge < -0.3 is 10.1 Å². The molecule has 1 fully saturated rings. The lowest BCUT2D eigenvalue weighted by Crippen LogP contribution is -2.25. The third-order valence-electron chi connectivity index (χ3n) is 3.22. The van der Waals surface area contributed by atoms with Gasteiger partial charge in [-0.3, -0.25) is 0 Å². The quantitative estimate of drug-likeness (QED) is 0.525. The predicted molar refractivity (Wildman–Crippen MR) is 77.6 cm³/mol. The highest BCUT2D eigenvalue weighted by Gasteiger charge is 2.20. The van der Waals surface area contributed by atoms with Crippen molar-refractivity contribution in [2.24, 2.45) is 0 Å². The minimum Gasteiger partial charge on any atom is -0.463 e. The number of hydrogen-bond acceptors (Lipinski definition) is 5. The number of aromatic nitrogens is 2. The van der Waals surface area contributed by atoms with Gasteiger partial charge in [0.15, 0.2) is 11.6 Å².